The van der Waals surface area contributed by atoms with Gasteiger partial charge in [-0.2, -0.15) is 5.26 Å². The summed E-state index contributed by atoms with van der Waals surface area (Å²) in [6, 6.07) is 5.63. The first-order chi connectivity index (χ1) is 8.65. The monoisotopic (exact) mass is 250 g/mol. The third-order valence-corrected chi connectivity index (χ3v) is 2.53. The van der Waals surface area contributed by atoms with E-state index in [0.717, 1.165) is 5.56 Å². The topological polar surface area (TPSA) is 63.5 Å². The van der Waals surface area contributed by atoms with Crippen molar-refractivity contribution in [1.82, 2.24) is 5.32 Å². The van der Waals surface area contributed by atoms with E-state index in [1.807, 2.05) is 12.1 Å². The van der Waals surface area contributed by atoms with Gasteiger partial charge in [-0.05, 0) is 24.6 Å². The lowest BCUT2D eigenvalue weighted by Crippen LogP contribution is -2.23. The highest BCUT2D eigenvalue weighted by molar-refractivity contribution is 5.53. The van der Waals surface area contributed by atoms with Gasteiger partial charge in [0.1, 0.15) is 0 Å². The van der Waals surface area contributed by atoms with Crippen molar-refractivity contribution in [2.24, 2.45) is 0 Å². The maximum atomic E-state index is 8.71. The van der Waals surface area contributed by atoms with Crippen molar-refractivity contribution in [2.45, 2.75) is 19.5 Å². The largest absolute Gasteiger partial charge is 0.493 e. The van der Waals surface area contributed by atoms with Crippen molar-refractivity contribution in [2.75, 3.05) is 21.3 Å². The zero-order chi connectivity index (χ0) is 13.5. The van der Waals surface area contributed by atoms with Crippen molar-refractivity contribution in [3.8, 4) is 23.3 Å². The summed E-state index contributed by atoms with van der Waals surface area (Å²) < 4.78 is 15.7. The summed E-state index contributed by atoms with van der Waals surface area (Å²) in [6.07, 6.45) is 0. The zero-order valence-electron chi connectivity index (χ0n) is 11.1. The van der Waals surface area contributed by atoms with Crippen LogP contribution >= 0.6 is 0 Å². The number of nitrogens with zero attached hydrogens (tertiary/aromatic N) is 1. The quantitative estimate of drug-likeness (QED) is 0.832. The van der Waals surface area contributed by atoms with Crippen LogP contribution in [0, 0.1) is 11.3 Å². The number of ether oxygens (including phenoxy) is 3. The van der Waals surface area contributed by atoms with E-state index in [1.54, 1.807) is 28.3 Å². The van der Waals surface area contributed by atoms with Crippen LogP contribution in [0.15, 0.2) is 12.1 Å². The molecule has 18 heavy (non-hydrogen) atoms. The molecule has 5 heteroatoms. The van der Waals surface area contributed by atoms with E-state index in [9.17, 15) is 0 Å². The number of benzene rings is 1. The second-order valence-electron chi connectivity index (χ2n) is 3.77. The highest BCUT2D eigenvalue weighted by atomic mass is 16.5. The number of nitriles is 1. The summed E-state index contributed by atoms with van der Waals surface area (Å²) in [7, 11) is 4.72. The van der Waals surface area contributed by atoms with Crippen molar-refractivity contribution in [1.29, 1.82) is 5.26 Å². The van der Waals surface area contributed by atoms with Crippen LogP contribution in [0.25, 0.3) is 0 Å². The molecular formula is C13H18N2O3. The van der Waals surface area contributed by atoms with Crippen molar-refractivity contribution < 1.29 is 14.2 Å². The Labute approximate surface area is 107 Å². The highest BCUT2D eigenvalue weighted by Gasteiger charge is 2.13. The molecule has 0 aliphatic rings. The van der Waals surface area contributed by atoms with E-state index in [-0.39, 0.29) is 6.04 Å². The van der Waals surface area contributed by atoms with Crippen molar-refractivity contribution >= 4 is 0 Å². The fourth-order valence-corrected chi connectivity index (χ4v) is 1.55. The minimum absolute atomic E-state index is 0.205. The summed E-state index contributed by atoms with van der Waals surface area (Å²) in [5.41, 5.74) is 0.964. The summed E-state index contributed by atoms with van der Waals surface area (Å²) in [6.45, 7) is 2.36. The Morgan fingerprint density at radius 1 is 1.17 bits per heavy atom. The predicted molar refractivity (Wildman–Crippen MR) is 68.0 cm³/mol. The molecule has 0 heterocycles. The van der Waals surface area contributed by atoms with Gasteiger partial charge in [-0.15, -0.1) is 0 Å². The molecule has 1 aromatic carbocycles. The van der Waals surface area contributed by atoms with E-state index < -0.39 is 0 Å². The Hall–Kier alpha value is -1.93. The van der Waals surface area contributed by atoms with Gasteiger partial charge in [0.05, 0.1) is 33.4 Å². The number of hydrogen-bond acceptors (Lipinski definition) is 5. The lowest BCUT2D eigenvalue weighted by Gasteiger charge is -2.14. The van der Waals surface area contributed by atoms with Gasteiger partial charge in [0.15, 0.2) is 11.5 Å². The molecule has 0 saturated heterocycles. The van der Waals surface area contributed by atoms with Crippen LogP contribution in [0.4, 0.5) is 0 Å². The van der Waals surface area contributed by atoms with E-state index in [0.29, 0.717) is 23.8 Å². The zero-order valence-corrected chi connectivity index (χ0v) is 11.1. The number of rotatable bonds is 6. The fraction of sp³-hybridized carbons (Fsp3) is 0.462. The Balaban J connectivity index is 2.97. The van der Waals surface area contributed by atoms with E-state index in [2.05, 4.69) is 11.4 Å². The molecule has 0 aromatic heterocycles. The molecule has 1 atom stereocenters. The lowest BCUT2D eigenvalue weighted by molar-refractivity contribution is 0.323. The molecule has 0 bridgehead atoms. The van der Waals surface area contributed by atoms with Crippen LogP contribution < -0.4 is 19.5 Å². The molecule has 0 amide bonds. The molecule has 0 spiro atoms. The summed E-state index contributed by atoms with van der Waals surface area (Å²) >= 11 is 0. The van der Waals surface area contributed by atoms with Crippen LogP contribution in [0.1, 0.15) is 12.5 Å². The van der Waals surface area contributed by atoms with Gasteiger partial charge >= 0.3 is 0 Å². The maximum Gasteiger partial charge on any atom is 0.203 e. The smallest absolute Gasteiger partial charge is 0.203 e. The van der Waals surface area contributed by atoms with Crippen LogP contribution in [-0.2, 0) is 6.54 Å². The van der Waals surface area contributed by atoms with Gasteiger partial charge in [-0.1, -0.05) is 0 Å². The van der Waals surface area contributed by atoms with Gasteiger partial charge in [-0.25, -0.2) is 0 Å². The average molecular weight is 250 g/mol. The Morgan fingerprint density at radius 2 is 1.72 bits per heavy atom. The Morgan fingerprint density at radius 3 is 2.11 bits per heavy atom. The molecule has 1 aromatic rings. The standard InChI is InChI=1S/C13H18N2O3/c1-9(7-14)15-8-10-5-11(16-2)13(18-4)12(6-10)17-3/h5-6,9,15H,8H2,1-4H3. The molecule has 1 N–H and O–H groups in total. The average Bonchev–Trinajstić information content (AvgIpc) is 2.43. The van der Waals surface area contributed by atoms with Crippen LogP contribution in [0.3, 0.4) is 0 Å². The first-order valence-corrected chi connectivity index (χ1v) is 5.58. The van der Waals surface area contributed by atoms with Gasteiger partial charge in [0.25, 0.3) is 0 Å². The van der Waals surface area contributed by atoms with Crippen LogP contribution in [-0.4, -0.2) is 27.4 Å². The number of hydrogen-bond donors (Lipinski definition) is 1. The minimum Gasteiger partial charge on any atom is -0.493 e. The van der Waals surface area contributed by atoms with Gasteiger partial charge in [0.2, 0.25) is 5.75 Å². The normalized spacial score (nSPS) is 11.5. The lowest BCUT2D eigenvalue weighted by atomic mass is 10.1. The third kappa shape index (κ3) is 3.28. The van der Waals surface area contributed by atoms with Crippen molar-refractivity contribution in [3.05, 3.63) is 17.7 Å². The molecular weight excluding hydrogens is 232 g/mol. The molecule has 0 saturated carbocycles. The Bertz CT molecular complexity index is 415. The highest BCUT2D eigenvalue weighted by Crippen LogP contribution is 2.38. The predicted octanol–water partition coefficient (Wildman–Crippen LogP) is 1.71. The van der Waals surface area contributed by atoms with E-state index in [4.69, 9.17) is 19.5 Å². The molecule has 0 aliphatic carbocycles. The number of nitrogens with one attached hydrogen (secondary N) is 1. The van der Waals surface area contributed by atoms with Crippen molar-refractivity contribution in [3.63, 3.8) is 0 Å². The first kappa shape index (κ1) is 14.1. The maximum absolute atomic E-state index is 8.71. The summed E-state index contributed by atoms with van der Waals surface area (Å²) in [5.74, 6) is 1.79. The first-order valence-electron chi connectivity index (χ1n) is 5.58. The molecule has 1 unspecified atom stereocenters. The molecule has 98 valence electrons. The summed E-state index contributed by atoms with van der Waals surface area (Å²) in [5, 5.41) is 11.8. The molecule has 0 aliphatic heterocycles. The molecule has 5 nitrogen and oxygen atoms in total. The second-order valence-corrected chi connectivity index (χ2v) is 3.77. The molecule has 0 fully saturated rings. The minimum atomic E-state index is -0.205. The van der Waals surface area contributed by atoms with Crippen LogP contribution in [0.5, 0.6) is 17.2 Å². The molecule has 0 radical (unpaired) electrons. The van der Waals surface area contributed by atoms with Gasteiger partial charge < -0.3 is 14.2 Å². The molecule has 1 rings (SSSR count). The van der Waals surface area contributed by atoms with E-state index >= 15 is 0 Å². The van der Waals surface area contributed by atoms with Crippen LogP contribution in [0.2, 0.25) is 0 Å². The number of methoxy groups -OCH3 is 3. The SMILES string of the molecule is COc1cc(CNC(C)C#N)cc(OC)c1OC. The summed E-state index contributed by atoms with van der Waals surface area (Å²) in [4.78, 5) is 0. The van der Waals surface area contributed by atoms with E-state index in [1.165, 1.54) is 0 Å². The van der Waals surface area contributed by atoms with Gasteiger partial charge in [-0.3, -0.25) is 5.32 Å². The second kappa shape index (κ2) is 6.72. The fourth-order valence-electron chi connectivity index (χ4n) is 1.55. The van der Waals surface area contributed by atoms with Gasteiger partial charge in [0, 0.05) is 6.54 Å². The third-order valence-electron chi connectivity index (χ3n) is 2.53. The Kier molecular flexibility index (Phi) is 5.28.